The van der Waals surface area contributed by atoms with Crippen molar-refractivity contribution < 1.29 is 9.53 Å². The van der Waals surface area contributed by atoms with Gasteiger partial charge in [0.1, 0.15) is 11.4 Å². The number of hydrogen-bond acceptors (Lipinski definition) is 4. The number of carbonyl (C=O) groups excluding carboxylic acids is 1. The van der Waals surface area contributed by atoms with Gasteiger partial charge in [0.25, 0.3) is 5.91 Å². The highest BCUT2D eigenvalue weighted by Gasteiger charge is 2.24. The van der Waals surface area contributed by atoms with Crippen LogP contribution < -0.4 is 10.1 Å². The number of benzene rings is 3. The second kappa shape index (κ2) is 11.0. The van der Waals surface area contributed by atoms with Gasteiger partial charge in [-0.25, -0.2) is 4.68 Å². The predicted octanol–water partition coefficient (Wildman–Crippen LogP) is 5.60. The van der Waals surface area contributed by atoms with Crippen molar-refractivity contribution in [3.63, 3.8) is 0 Å². The first kappa shape index (κ1) is 24.1. The molecular formula is C29H29ClN4O2. The van der Waals surface area contributed by atoms with E-state index in [9.17, 15) is 4.79 Å². The summed E-state index contributed by atoms with van der Waals surface area (Å²) < 4.78 is 6.97. The number of nitrogens with one attached hydrogen (secondary N) is 1. The molecule has 0 radical (unpaired) electrons. The van der Waals surface area contributed by atoms with Gasteiger partial charge < -0.3 is 10.1 Å². The molecule has 2 heterocycles. The molecule has 1 aliphatic heterocycles. The first-order valence-corrected chi connectivity index (χ1v) is 12.5. The maximum absolute atomic E-state index is 13.5. The molecule has 1 aromatic heterocycles. The summed E-state index contributed by atoms with van der Waals surface area (Å²) in [4.78, 5) is 15.9. The number of hydrogen-bond donors (Lipinski definition) is 1. The molecule has 0 spiro atoms. The summed E-state index contributed by atoms with van der Waals surface area (Å²) in [5.74, 6) is 0.601. The van der Waals surface area contributed by atoms with Crippen molar-refractivity contribution in [2.75, 3.05) is 20.2 Å². The van der Waals surface area contributed by atoms with E-state index in [2.05, 4.69) is 34.5 Å². The van der Waals surface area contributed by atoms with Gasteiger partial charge in [-0.15, -0.1) is 0 Å². The van der Waals surface area contributed by atoms with E-state index in [0.29, 0.717) is 16.4 Å². The third-order valence-electron chi connectivity index (χ3n) is 6.58. The van der Waals surface area contributed by atoms with Gasteiger partial charge in [-0.3, -0.25) is 9.69 Å². The van der Waals surface area contributed by atoms with Crippen LogP contribution in [0.25, 0.3) is 16.9 Å². The van der Waals surface area contributed by atoms with Crippen LogP contribution in [0, 0.1) is 0 Å². The second-order valence-corrected chi connectivity index (χ2v) is 9.42. The zero-order chi connectivity index (χ0) is 24.9. The monoisotopic (exact) mass is 500 g/mol. The predicted molar refractivity (Wildman–Crippen MR) is 143 cm³/mol. The van der Waals surface area contributed by atoms with Crippen LogP contribution in [0.15, 0.2) is 84.9 Å². The largest absolute Gasteiger partial charge is 0.497 e. The number of likely N-dealkylation sites (tertiary alicyclic amines) is 1. The molecule has 0 aliphatic carbocycles. The molecule has 1 amide bonds. The normalized spacial score (nSPS) is 14.5. The molecule has 36 heavy (non-hydrogen) atoms. The van der Waals surface area contributed by atoms with Crippen LogP contribution in [0.5, 0.6) is 5.75 Å². The van der Waals surface area contributed by atoms with Gasteiger partial charge in [0, 0.05) is 31.2 Å². The Labute approximate surface area is 216 Å². The highest BCUT2D eigenvalue weighted by Crippen LogP contribution is 2.29. The highest BCUT2D eigenvalue weighted by molar-refractivity contribution is 6.33. The molecule has 0 atom stereocenters. The van der Waals surface area contributed by atoms with E-state index in [1.807, 2.05) is 60.7 Å². The molecule has 1 aliphatic rings. The molecule has 5 rings (SSSR count). The number of halogens is 1. The first-order chi connectivity index (χ1) is 17.6. The van der Waals surface area contributed by atoms with Crippen LogP contribution in [-0.2, 0) is 6.54 Å². The fraction of sp³-hybridized carbons (Fsp3) is 0.241. The summed E-state index contributed by atoms with van der Waals surface area (Å²) in [6.07, 6.45) is 1.82. The Hall–Kier alpha value is -3.61. The Morgan fingerprint density at radius 3 is 2.39 bits per heavy atom. The summed E-state index contributed by atoms with van der Waals surface area (Å²) in [5, 5.41) is 8.60. The molecule has 1 saturated heterocycles. The standard InChI is InChI=1S/C29H29ClN4O2/c1-36-24-13-11-23(12-14-24)34-28(19-27(32-34)25-9-5-6-10-26(25)30)29(35)31-22-15-17-33(18-16-22)20-21-7-3-2-4-8-21/h2-14,19,22H,15-18,20H2,1H3,(H,31,35). The summed E-state index contributed by atoms with van der Waals surface area (Å²) in [5.41, 5.74) is 4.00. The summed E-state index contributed by atoms with van der Waals surface area (Å²) >= 11 is 6.44. The molecule has 0 bridgehead atoms. The van der Waals surface area contributed by atoms with Crippen molar-refractivity contribution in [1.29, 1.82) is 0 Å². The summed E-state index contributed by atoms with van der Waals surface area (Å²) in [6.45, 7) is 2.83. The number of piperidine rings is 1. The molecule has 1 N–H and O–H groups in total. The molecule has 4 aromatic rings. The van der Waals surface area contributed by atoms with Crippen LogP contribution >= 0.6 is 11.6 Å². The number of methoxy groups -OCH3 is 1. The van der Waals surface area contributed by atoms with E-state index in [1.54, 1.807) is 11.8 Å². The lowest BCUT2D eigenvalue weighted by molar-refractivity contribution is 0.0901. The van der Waals surface area contributed by atoms with E-state index in [0.717, 1.165) is 49.5 Å². The number of rotatable bonds is 7. The average Bonchev–Trinajstić information content (AvgIpc) is 3.36. The Morgan fingerprint density at radius 1 is 1.00 bits per heavy atom. The maximum atomic E-state index is 13.5. The average molecular weight is 501 g/mol. The minimum atomic E-state index is -0.141. The fourth-order valence-corrected chi connectivity index (χ4v) is 4.83. The topological polar surface area (TPSA) is 59.4 Å². The summed E-state index contributed by atoms with van der Waals surface area (Å²) in [6, 6.07) is 27.5. The fourth-order valence-electron chi connectivity index (χ4n) is 4.60. The van der Waals surface area contributed by atoms with Gasteiger partial charge in [0.15, 0.2) is 0 Å². The summed E-state index contributed by atoms with van der Waals surface area (Å²) in [7, 11) is 1.63. The third-order valence-corrected chi connectivity index (χ3v) is 6.91. The molecule has 3 aromatic carbocycles. The quantitative estimate of drug-likeness (QED) is 0.359. The van der Waals surface area contributed by atoms with Gasteiger partial charge in [-0.1, -0.05) is 60.1 Å². The van der Waals surface area contributed by atoms with Crippen molar-refractivity contribution in [1.82, 2.24) is 20.0 Å². The second-order valence-electron chi connectivity index (χ2n) is 9.01. The molecule has 6 nitrogen and oxygen atoms in total. The molecule has 0 saturated carbocycles. The Morgan fingerprint density at radius 2 is 1.69 bits per heavy atom. The molecule has 7 heteroatoms. The van der Waals surface area contributed by atoms with Gasteiger partial charge in [-0.05, 0) is 54.8 Å². The number of ether oxygens (including phenoxy) is 1. The van der Waals surface area contributed by atoms with Gasteiger partial charge >= 0.3 is 0 Å². The zero-order valence-corrected chi connectivity index (χ0v) is 21.0. The van der Waals surface area contributed by atoms with E-state index in [-0.39, 0.29) is 11.9 Å². The highest BCUT2D eigenvalue weighted by atomic mass is 35.5. The first-order valence-electron chi connectivity index (χ1n) is 12.2. The number of nitrogens with zero attached hydrogens (tertiary/aromatic N) is 3. The van der Waals surface area contributed by atoms with E-state index < -0.39 is 0 Å². The third kappa shape index (κ3) is 5.45. The SMILES string of the molecule is COc1ccc(-n2nc(-c3ccccc3Cl)cc2C(=O)NC2CCN(Cc3ccccc3)CC2)cc1. The lowest BCUT2D eigenvalue weighted by atomic mass is 10.0. The van der Waals surface area contributed by atoms with E-state index in [1.165, 1.54) is 5.56 Å². The minimum Gasteiger partial charge on any atom is -0.497 e. The van der Waals surface area contributed by atoms with Gasteiger partial charge in [0.2, 0.25) is 0 Å². The zero-order valence-electron chi connectivity index (χ0n) is 20.2. The smallest absolute Gasteiger partial charge is 0.270 e. The van der Waals surface area contributed by atoms with Crippen molar-refractivity contribution >= 4 is 17.5 Å². The van der Waals surface area contributed by atoms with Crippen molar-refractivity contribution in [3.05, 3.63) is 101 Å². The van der Waals surface area contributed by atoms with Gasteiger partial charge in [0.05, 0.1) is 23.5 Å². The van der Waals surface area contributed by atoms with Crippen LogP contribution in [-0.4, -0.2) is 46.8 Å². The molecule has 0 unspecified atom stereocenters. The van der Waals surface area contributed by atoms with Crippen LogP contribution in [0.1, 0.15) is 28.9 Å². The Kier molecular flexibility index (Phi) is 7.35. The molecular weight excluding hydrogens is 472 g/mol. The van der Waals surface area contributed by atoms with Crippen molar-refractivity contribution in [3.8, 4) is 22.7 Å². The van der Waals surface area contributed by atoms with Crippen LogP contribution in [0.2, 0.25) is 5.02 Å². The number of amides is 1. The minimum absolute atomic E-state index is 0.118. The number of carbonyl (C=O) groups is 1. The van der Waals surface area contributed by atoms with Gasteiger partial charge in [-0.2, -0.15) is 5.10 Å². The lowest BCUT2D eigenvalue weighted by Gasteiger charge is -2.32. The number of aromatic nitrogens is 2. The molecule has 184 valence electrons. The Bertz CT molecular complexity index is 1310. The maximum Gasteiger partial charge on any atom is 0.270 e. The van der Waals surface area contributed by atoms with E-state index in [4.69, 9.17) is 21.4 Å². The van der Waals surface area contributed by atoms with Crippen molar-refractivity contribution in [2.24, 2.45) is 0 Å². The lowest BCUT2D eigenvalue weighted by Crippen LogP contribution is -2.44. The van der Waals surface area contributed by atoms with Crippen molar-refractivity contribution in [2.45, 2.75) is 25.4 Å². The van der Waals surface area contributed by atoms with Crippen LogP contribution in [0.3, 0.4) is 0 Å². The van der Waals surface area contributed by atoms with E-state index >= 15 is 0 Å². The Balaban J connectivity index is 1.34. The van der Waals surface area contributed by atoms with Crippen LogP contribution in [0.4, 0.5) is 0 Å². The molecule has 1 fully saturated rings.